The Balaban J connectivity index is 2.29. The molecular weight excluding hydrogens is 222 g/mol. The number of alkyl halides is 1. The molecule has 1 heterocycles. The Bertz CT molecular complexity index is 328. The normalized spacial score (nSPS) is 12.5. The van der Waals surface area contributed by atoms with Crippen molar-refractivity contribution in [2.24, 2.45) is 5.92 Å². The van der Waals surface area contributed by atoms with Crippen LogP contribution >= 0.6 is 11.6 Å². The first kappa shape index (κ1) is 13.2. The van der Waals surface area contributed by atoms with E-state index < -0.39 is 0 Å². The van der Waals surface area contributed by atoms with Gasteiger partial charge in [-0.25, -0.2) is 4.98 Å². The van der Waals surface area contributed by atoms with Gasteiger partial charge < -0.3 is 5.32 Å². The van der Waals surface area contributed by atoms with E-state index in [2.05, 4.69) is 22.2 Å². The lowest BCUT2D eigenvalue weighted by molar-refractivity contribution is 0.572. The van der Waals surface area contributed by atoms with E-state index >= 15 is 0 Å². The average molecular weight is 242 g/mol. The second-order valence-corrected chi connectivity index (χ2v) is 4.56. The number of halogens is 1. The molecule has 0 aromatic carbocycles. The van der Waals surface area contributed by atoms with Crippen molar-refractivity contribution >= 4 is 17.4 Å². The van der Waals surface area contributed by atoms with E-state index in [0.717, 1.165) is 42.5 Å². The Hall–Kier alpha value is -0.830. The van der Waals surface area contributed by atoms with Crippen LogP contribution in [0.15, 0.2) is 6.20 Å². The van der Waals surface area contributed by atoms with E-state index in [-0.39, 0.29) is 0 Å². The third-order valence-corrected chi connectivity index (χ3v) is 3.16. The number of rotatable bonds is 6. The SMILES string of the molecule is Cc1ncc(NCCCC(C)CCl)nc1C. The van der Waals surface area contributed by atoms with Crippen LogP contribution < -0.4 is 5.32 Å². The zero-order valence-corrected chi connectivity index (χ0v) is 11.0. The van der Waals surface area contributed by atoms with Crippen molar-refractivity contribution in [2.75, 3.05) is 17.7 Å². The molecular formula is C12H20ClN3. The minimum atomic E-state index is 0.592. The van der Waals surface area contributed by atoms with Crippen LogP contribution in [-0.2, 0) is 0 Å². The first-order valence-corrected chi connectivity index (χ1v) is 6.27. The summed E-state index contributed by atoms with van der Waals surface area (Å²) in [5.41, 5.74) is 1.97. The molecule has 0 radical (unpaired) electrons. The summed E-state index contributed by atoms with van der Waals surface area (Å²) in [5.74, 6) is 2.19. The molecule has 0 aliphatic rings. The molecule has 0 saturated carbocycles. The van der Waals surface area contributed by atoms with Gasteiger partial charge in [-0.3, -0.25) is 4.98 Å². The van der Waals surface area contributed by atoms with Crippen LogP contribution in [0, 0.1) is 19.8 Å². The summed E-state index contributed by atoms with van der Waals surface area (Å²) < 4.78 is 0. The van der Waals surface area contributed by atoms with Crippen LogP contribution in [0.1, 0.15) is 31.2 Å². The topological polar surface area (TPSA) is 37.8 Å². The number of nitrogens with zero attached hydrogens (tertiary/aromatic N) is 2. The summed E-state index contributed by atoms with van der Waals surface area (Å²) in [6.07, 6.45) is 4.05. The van der Waals surface area contributed by atoms with Crippen molar-refractivity contribution in [2.45, 2.75) is 33.6 Å². The second kappa shape index (κ2) is 6.69. The molecule has 0 aliphatic heterocycles. The Morgan fingerprint density at radius 1 is 1.38 bits per heavy atom. The first-order chi connectivity index (χ1) is 7.63. The molecule has 0 aliphatic carbocycles. The standard InChI is InChI=1S/C12H20ClN3/c1-9(7-13)5-4-6-14-12-8-15-10(2)11(3)16-12/h8-9H,4-7H2,1-3H3,(H,14,16). The molecule has 0 fully saturated rings. The van der Waals surface area contributed by atoms with E-state index in [9.17, 15) is 0 Å². The Labute approximate surface area is 103 Å². The van der Waals surface area contributed by atoms with Gasteiger partial charge in [0.1, 0.15) is 5.82 Å². The highest BCUT2D eigenvalue weighted by molar-refractivity contribution is 6.18. The number of hydrogen-bond donors (Lipinski definition) is 1. The fraction of sp³-hybridized carbons (Fsp3) is 0.667. The maximum Gasteiger partial charge on any atom is 0.144 e. The first-order valence-electron chi connectivity index (χ1n) is 5.73. The predicted octanol–water partition coefficient (Wildman–Crippen LogP) is 3.16. The highest BCUT2D eigenvalue weighted by Crippen LogP contribution is 2.09. The van der Waals surface area contributed by atoms with Gasteiger partial charge in [0, 0.05) is 12.4 Å². The Morgan fingerprint density at radius 2 is 2.12 bits per heavy atom. The molecule has 1 N–H and O–H groups in total. The molecule has 90 valence electrons. The number of anilines is 1. The molecule has 1 unspecified atom stereocenters. The second-order valence-electron chi connectivity index (χ2n) is 4.25. The summed E-state index contributed by atoms with van der Waals surface area (Å²) in [6, 6.07) is 0. The van der Waals surface area contributed by atoms with Crippen LogP contribution in [-0.4, -0.2) is 22.4 Å². The molecule has 0 amide bonds. The van der Waals surface area contributed by atoms with Gasteiger partial charge in [-0.15, -0.1) is 11.6 Å². The van der Waals surface area contributed by atoms with E-state index in [1.165, 1.54) is 0 Å². The maximum atomic E-state index is 5.74. The van der Waals surface area contributed by atoms with E-state index in [4.69, 9.17) is 11.6 Å². The predicted molar refractivity (Wildman–Crippen MR) is 69.1 cm³/mol. The smallest absolute Gasteiger partial charge is 0.144 e. The van der Waals surface area contributed by atoms with Crippen LogP contribution in [0.4, 0.5) is 5.82 Å². The van der Waals surface area contributed by atoms with Crippen molar-refractivity contribution in [1.29, 1.82) is 0 Å². The van der Waals surface area contributed by atoms with Gasteiger partial charge in [-0.1, -0.05) is 6.92 Å². The number of aryl methyl sites for hydroxylation is 2. The lowest BCUT2D eigenvalue weighted by Gasteiger charge is -2.09. The van der Waals surface area contributed by atoms with Crippen LogP contribution in [0.3, 0.4) is 0 Å². The largest absolute Gasteiger partial charge is 0.369 e. The summed E-state index contributed by atoms with van der Waals surface area (Å²) >= 11 is 5.74. The minimum absolute atomic E-state index is 0.592. The van der Waals surface area contributed by atoms with Gasteiger partial charge in [0.25, 0.3) is 0 Å². The molecule has 0 spiro atoms. The Kier molecular flexibility index (Phi) is 5.53. The Morgan fingerprint density at radius 3 is 2.75 bits per heavy atom. The zero-order valence-electron chi connectivity index (χ0n) is 10.3. The molecule has 1 atom stereocenters. The third-order valence-electron chi connectivity index (χ3n) is 2.64. The molecule has 3 nitrogen and oxygen atoms in total. The van der Waals surface area contributed by atoms with Crippen molar-refractivity contribution in [3.8, 4) is 0 Å². The van der Waals surface area contributed by atoms with Gasteiger partial charge in [0.15, 0.2) is 0 Å². The fourth-order valence-electron chi connectivity index (χ4n) is 1.37. The average Bonchev–Trinajstić information content (AvgIpc) is 2.28. The third kappa shape index (κ3) is 4.35. The number of nitrogens with one attached hydrogen (secondary N) is 1. The van der Waals surface area contributed by atoms with Crippen LogP contribution in [0.2, 0.25) is 0 Å². The van der Waals surface area contributed by atoms with E-state index in [1.54, 1.807) is 6.20 Å². The molecule has 0 saturated heterocycles. The van der Waals surface area contributed by atoms with Gasteiger partial charge in [-0.05, 0) is 32.6 Å². The van der Waals surface area contributed by atoms with Gasteiger partial charge in [-0.2, -0.15) is 0 Å². The molecule has 1 rings (SSSR count). The quantitative estimate of drug-likeness (QED) is 0.614. The summed E-state index contributed by atoms with van der Waals surface area (Å²) in [4.78, 5) is 8.67. The van der Waals surface area contributed by atoms with Crippen molar-refractivity contribution in [3.05, 3.63) is 17.6 Å². The maximum absolute atomic E-state index is 5.74. The highest BCUT2D eigenvalue weighted by Gasteiger charge is 2.01. The van der Waals surface area contributed by atoms with Crippen LogP contribution in [0.25, 0.3) is 0 Å². The molecule has 1 aromatic heterocycles. The van der Waals surface area contributed by atoms with E-state index in [1.807, 2.05) is 13.8 Å². The number of aromatic nitrogens is 2. The number of hydrogen-bond acceptors (Lipinski definition) is 3. The molecule has 0 bridgehead atoms. The minimum Gasteiger partial charge on any atom is -0.369 e. The molecule has 1 aromatic rings. The van der Waals surface area contributed by atoms with Crippen molar-refractivity contribution in [3.63, 3.8) is 0 Å². The summed E-state index contributed by atoms with van der Waals surface area (Å²) in [5, 5.41) is 3.28. The highest BCUT2D eigenvalue weighted by atomic mass is 35.5. The molecule has 16 heavy (non-hydrogen) atoms. The van der Waals surface area contributed by atoms with Gasteiger partial charge in [0.05, 0.1) is 17.6 Å². The van der Waals surface area contributed by atoms with Crippen molar-refractivity contribution < 1.29 is 0 Å². The van der Waals surface area contributed by atoms with Gasteiger partial charge in [0.2, 0.25) is 0 Å². The summed E-state index contributed by atoms with van der Waals surface area (Å²) in [6.45, 7) is 7.04. The van der Waals surface area contributed by atoms with Gasteiger partial charge >= 0.3 is 0 Å². The fourth-order valence-corrected chi connectivity index (χ4v) is 1.53. The zero-order chi connectivity index (χ0) is 12.0. The lowest BCUT2D eigenvalue weighted by Crippen LogP contribution is -2.07. The van der Waals surface area contributed by atoms with Crippen LogP contribution in [0.5, 0.6) is 0 Å². The summed E-state index contributed by atoms with van der Waals surface area (Å²) in [7, 11) is 0. The van der Waals surface area contributed by atoms with Crippen molar-refractivity contribution in [1.82, 2.24) is 9.97 Å². The van der Waals surface area contributed by atoms with E-state index in [0.29, 0.717) is 5.92 Å². The lowest BCUT2D eigenvalue weighted by atomic mass is 10.1. The molecule has 4 heteroatoms. The monoisotopic (exact) mass is 241 g/mol.